The molecule has 2 aliphatic rings. The van der Waals surface area contributed by atoms with Gasteiger partial charge < -0.3 is 20.4 Å². The number of likely N-dealkylation sites (N-methyl/N-ethyl adjacent to an activating group) is 1. The summed E-state index contributed by atoms with van der Waals surface area (Å²) < 4.78 is 0. The smallest absolute Gasteiger partial charge is 0.313 e. The molecule has 1 fully saturated rings. The van der Waals surface area contributed by atoms with Crippen LogP contribution in [0.25, 0.3) is 0 Å². The Labute approximate surface area is 141 Å². The molecule has 0 spiro atoms. The quantitative estimate of drug-likeness (QED) is 0.781. The van der Waals surface area contributed by atoms with E-state index in [2.05, 4.69) is 22.5 Å². The minimum absolute atomic E-state index is 0.000634. The third-order valence-electron chi connectivity index (χ3n) is 4.56. The van der Waals surface area contributed by atoms with Gasteiger partial charge in [0.15, 0.2) is 0 Å². The largest absolute Gasteiger partial charge is 0.332 e. The molecule has 1 aromatic carbocycles. The fraction of sp³-hybridized carbons (Fsp3) is 0.471. The van der Waals surface area contributed by atoms with Crippen molar-refractivity contribution in [3.05, 3.63) is 23.8 Å². The van der Waals surface area contributed by atoms with Crippen LogP contribution >= 0.6 is 0 Å². The van der Waals surface area contributed by atoms with Gasteiger partial charge in [-0.25, -0.2) is 0 Å². The summed E-state index contributed by atoms with van der Waals surface area (Å²) in [6.45, 7) is 5.80. The number of rotatable bonds is 2. The van der Waals surface area contributed by atoms with Crippen LogP contribution in [0.4, 0.5) is 11.4 Å². The summed E-state index contributed by atoms with van der Waals surface area (Å²) in [4.78, 5) is 39.7. The summed E-state index contributed by atoms with van der Waals surface area (Å²) >= 11 is 0. The normalized spacial score (nSPS) is 17.9. The summed E-state index contributed by atoms with van der Waals surface area (Å²) in [6.07, 6.45) is 1.07. The van der Waals surface area contributed by atoms with Crippen molar-refractivity contribution in [1.29, 1.82) is 0 Å². The summed E-state index contributed by atoms with van der Waals surface area (Å²) in [6, 6.07) is 5.27. The Hall–Kier alpha value is -2.41. The van der Waals surface area contributed by atoms with E-state index >= 15 is 0 Å². The number of fused-ring (bicyclic) bond motifs is 1. The van der Waals surface area contributed by atoms with Crippen LogP contribution in [0, 0.1) is 0 Å². The Morgan fingerprint density at radius 3 is 2.62 bits per heavy atom. The highest BCUT2D eigenvalue weighted by molar-refractivity contribution is 6.39. The zero-order valence-corrected chi connectivity index (χ0v) is 13.8. The lowest BCUT2D eigenvalue weighted by molar-refractivity contribution is -0.144. The van der Waals surface area contributed by atoms with E-state index in [9.17, 15) is 14.4 Å². The summed E-state index contributed by atoms with van der Waals surface area (Å²) in [7, 11) is 0. The molecule has 0 aromatic heterocycles. The number of piperazine rings is 1. The maximum absolute atomic E-state index is 12.3. The van der Waals surface area contributed by atoms with Gasteiger partial charge in [-0.2, -0.15) is 0 Å². The fourth-order valence-corrected chi connectivity index (χ4v) is 3.06. The van der Waals surface area contributed by atoms with E-state index in [0.29, 0.717) is 31.6 Å². The minimum Gasteiger partial charge on any atom is -0.332 e. The number of hydrogen-bond donors (Lipinski definition) is 2. The van der Waals surface area contributed by atoms with Crippen LogP contribution in [-0.4, -0.2) is 60.2 Å². The van der Waals surface area contributed by atoms with Crippen LogP contribution in [0.2, 0.25) is 0 Å². The summed E-state index contributed by atoms with van der Waals surface area (Å²) in [5, 5.41) is 5.46. The number of benzene rings is 1. The van der Waals surface area contributed by atoms with Gasteiger partial charge in [-0.3, -0.25) is 14.4 Å². The molecule has 2 N–H and O–H groups in total. The first-order chi connectivity index (χ1) is 11.6. The lowest BCUT2D eigenvalue weighted by atomic mass is 10.0. The third kappa shape index (κ3) is 3.56. The molecule has 0 radical (unpaired) electrons. The van der Waals surface area contributed by atoms with Gasteiger partial charge in [-0.15, -0.1) is 0 Å². The summed E-state index contributed by atoms with van der Waals surface area (Å²) in [5.41, 5.74) is 2.32. The number of anilines is 2. The molecular formula is C17H22N4O3. The highest BCUT2D eigenvalue weighted by Crippen LogP contribution is 2.25. The molecule has 7 nitrogen and oxygen atoms in total. The van der Waals surface area contributed by atoms with Gasteiger partial charge in [0.2, 0.25) is 5.91 Å². The zero-order chi connectivity index (χ0) is 17.1. The van der Waals surface area contributed by atoms with Gasteiger partial charge in [0.25, 0.3) is 0 Å². The van der Waals surface area contributed by atoms with E-state index in [1.54, 1.807) is 17.0 Å². The molecule has 0 aliphatic carbocycles. The fourth-order valence-electron chi connectivity index (χ4n) is 3.06. The number of carbonyl (C=O) groups is 3. The second-order valence-electron chi connectivity index (χ2n) is 6.10. The van der Waals surface area contributed by atoms with Crippen molar-refractivity contribution in [3.8, 4) is 0 Å². The summed E-state index contributed by atoms with van der Waals surface area (Å²) in [5.74, 6) is -1.10. The van der Waals surface area contributed by atoms with Gasteiger partial charge >= 0.3 is 11.8 Å². The molecule has 24 heavy (non-hydrogen) atoms. The van der Waals surface area contributed by atoms with E-state index in [1.165, 1.54) is 0 Å². The van der Waals surface area contributed by atoms with Crippen LogP contribution < -0.4 is 10.6 Å². The van der Waals surface area contributed by atoms with Gasteiger partial charge in [-0.05, 0) is 36.7 Å². The van der Waals surface area contributed by atoms with Crippen LogP contribution in [0.15, 0.2) is 18.2 Å². The molecule has 128 valence electrons. The lowest BCUT2D eigenvalue weighted by Gasteiger charge is -2.33. The second-order valence-corrected chi connectivity index (χ2v) is 6.10. The zero-order valence-electron chi connectivity index (χ0n) is 13.8. The van der Waals surface area contributed by atoms with Gasteiger partial charge in [-0.1, -0.05) is 6.92 Å². The second kappa shape index (κ2) is 7.00. The molecule has 2 heterocycles. The molecule has 3 rings (SSSR count). The van der Waals surface area contributed by atoms with Crippen molar-refractivity contribution in [2.75, 3.05) is 43.4 Å². The van der Waals surface area contributed by atoms with Crippen molar-refractivity contribution >= 4 is 29.1 Å². The Morgan fingerprint density at radius 2 is 1.92 bits per heavy atom. The standard InChI is InChI=1S/C17H22N4O3/c1-2-20-7-9-21(10-8-20)17(24)16(23)18-13-4-5-14-12(11-13)3-6-15(22)19-14/h4-5,11H,2-3,6-10H2,1H3,(H,18,23)(H,19,22). The molecule has 7 heteroatoms. The molecule has 0 atom stereocenters. The first-order valence-corrected chi connectivity index (χ1v) is 8.32. The minimum atomic E-state index is -0.611. The predicted octanol–water partition coefficient (Wildman–Crippen LogP) is 0.674. The van der Waals surface area contributed by atoms with Crippen LogP contribution in [0.1, 0.15) is 18.9 Å². The van der Waals surface area contributed by atoms with E-state index in [1.807, 2.05) is 6.07 Å². The van der Waals surface area contributed by atoms with Crippen molar-refractivity contribution in [1.82, 2.24) is 9.80 Å². The molecule has 0 bridgehead atoms. The van der Waals surface area contributed by atoms with Crippen molar-refractivity contribution in [2.24, 2.45) is 0 Å². The van der Waals surface area contributed by atoms with Crippen molar-refractivity contribution < 1.29 is 14.4 Å². The van der Waals surface area contributed by atoms with Crippen molar-refractivity contribution in [2.45, 2.75) is 19.8 Å². The molecule has 0 saturated carbocycles. The topological polar surface area (TPSA) is 81.8 Å². The third-order valence-corrected chi connectivity index (χ3v) is 4.56. The van der Waals surface area contributed by atoms with Gasteiger partial charge in [0, 0.05) is 44.0 Å². The van der Waals surface area contributed by atoms with Crippen LogP contribution in [-0.2, 0) is 20.8 Å². The van der Waals surface area contributed by atoms with E-state index in [-0.39, 0.29) is 5.91 Å². The van der Waals surface area contributed by atoms with E-state index in [4.69, 9.17) is 0 Å². The van der Waals surface area contributed by atoms with Crippen LogP contribution in [0.3, 0.4) is 0 Å². The van der Waals surface area contributed by atoms with E-state index in [0.717, 1.165) is 30.9 Å². The predicted molar refractivity (Wildman–Crippen MR) is 90.7 cm³/mol. The SMILES string of the molecule is CCN1CCN(C(=O)C(=O)Nc2ccc3c(c2)CCC(=O)N3)CC1. The monoisotopic (exact) mass is 330 g/mol. The Bertz CT molecular complexity index is 666. The number of nitrogens with one attached hydrogen (secondary N) is 2. The lowest BCUT2D eigenvalue weighted by Crippen LogP contribution is -2.51. The van der Waals surface area contributed by atoms with Crippen molar-refractivity contribution in [3.63, 3.8) is 0 Å². The molecule has 2 aliphatic heterocycles. The number of carbonyl (C=O) groups excluding carboxylic acids is 3. The number of hydrogen-bond acceptors (Lipinski definition) is 4. The average molecular weight is 330 g/mol. The Morgan fingerprint density at radius 1 is 1.17 bits per heavy atom. The molecule has 3 amide bonds. The first kappa shape index (κ1) is 16.4. The first-order valence-electron chi connectivity index (χ1n) is 8.32. The van der Waals surface area contributed by atoms with Gasteiger partial charge in [0.1, 0.15) is 0 Å². The van der Waals surface area contributed by atoms with Crippen LogP contribution in [0.5, 0.6) is 0 Å². The maximum atomic E-state index is 12.3. The number of nitrogens with zero attached hydrogens (tertiary/aromatic N) is 2. The number of aryl methyl sites for hydroxylation is 1. The molecule has 0 unspecified atom stereocenters. The molecular weight excluding hydrogens is 308 g/mol. The average Bonchev–Trinajstić information content (AvgIpc) is 2.61. The Balaban J connectivity index is 1.60. The Kier molecular flexibility index (Phi) is 4.80. The maximum Gasteiger partial charge on any atom is 0.313 e. The highest BCUT2D eigenvalue weighted by atomic mass is 16.2. The molecule has 1 saturated heterocycles. The van der Waals surface area contributed by atoms with E-state index < -0.39 is 11.8 Å². The molecule has 1 aromatic rings. The number of amides is 3. The van der Waals surface area contributed by atoms with Gasteiger partial charge in [0.05, 0.1) is 0 Å². The highest BCUT2D eigenvalue weighted by Gasteiger charge is 2.25.